The summed E-state index contributed by atoms with van der Waals surface area (Å²) in [4.78, 5) is 0. The molecule has 2 rings (SSSR count). The Morgan fingerprint density at radius 1 is 1.20 bits per heavy atom. The second-order valence-electron chi connectivity index (χ2n) is 4.70. The van der Waals surface area contributed by atoms with E-state index in [0.717, 1.165) is 12.5 Å². The standard InChI is InChI=1S/C14H21N/c1-12(14-9-5-6-10-14)15-11-13-7-3-2-4-8-13/h2-4,7-8,12,14-15H,5-6,9-11H2,1H3/t12-/m0/s1. The fourth-order valence-electron chi connectivity index (χ4n) is 2.50. The Morgan fingerprint density at radius 2 is 1.87 bits per heavy atom. The van der Waals surface area contributed by atoms with E-state index in [1.54, 1.807) is 0 Å². The molecule has 0 unspecified atom stereocenters. The van der Waals surface area contributed by atoms with Gasteiger partial charge in [0.15, 0.2) is 0 Å². The Hall–Kier alpha value is -0.820. The van der Waals surface area contributed by atoms with Gasteiger partial charge in [0.2, 0.25) is 0 Å². The van der Waals surface area contributed by atoms with Gasteiger partial charge >= 0.3 is 0 Å². The van der Waals surface area contributed by atoms with Gasteiger partial charge in [-0.1, -0.05) is 43.2 Å². The molecule has 1 aliphatic rings. The average Bonchev–Trinajstić information content (AvgIpc) is 2.81. The molecule has 0 aromatic heterocycles. The minimum atomic E-state index is 0.674. The molecule has 1 aromatic carbocycles. The second-order valence-corrected chi connectivity index (χ2v) is 4.70. The normalized spacial score (nSPS) is 19.3. The summed E-state index contributed by atoms with van der Waals surface area (Å²) in [5.41, 5.74) is 1.39. The number of benzene rings is 1. The zero-order valence-corrected chi connectivity index (χ0v) is 9.58. The van der Waals surface area contributed by atoms with Crippen LogP contribution in [0.1, 0.15) is 38.2 Å². The molecule has 1 nitrogen and oxygen atoms in total. The van der Waals surface area contributed by atoms with Crippen LogP contribution in [0.25, 0.3) is 0 Å². The van der Waals surface area contributed by atoms with Gasteiger partial charge < -0.3 is 5.32 Å². The highest BCUT2D eigenvalue weighted by Gasteiger charge is 2.20. The minimum Gasteiger partial charge on any atom is -0.310 e. The van der Waals surface area contributed by atoms with Gasteiger partial charge in [0, 0.05) is 12.6 Å². The summed E-state index contributed by atoms with van der Waals surface area (Å²) in [7, 11) is 0. The fraction of sp³-hybridized carbons (Fsp3) is 0.571. The van der Waals surface area contributed by atoms with E-state index in [9.17, 15) is 0 Å². The van der Waals surface area contributed by atoms with E-state index >= 15 is 0 Å². The summed E-state index contributed by atoms with van der Waals surface area (Å²) in [5, 5.41) is 3.64. The van der Waals surface area contributed by atoms with E-state index in [2.05, 4.69) is 42.6 Å². The summed E-state index contributed by atoms with van der Waals surface area (Å²) in [6.45, 7) is 3.34. The molecule has 1 heteroatoms. The van der Waals surface area contributed by atoms with Crippen molar-refractivity contribution in [2.75, 3.05) is 0 Å². The van der Waals surface area contributed by atoms with Crippen molar-refractivity contribution < 1.29 is 0 Å². The first kappa shape index (κ1) is 10.7. The fourth-order valence-corrected chi connectivity index (χ4v) is 2.50. The molecule has 0 spiro atoms. The minimum absolute atomic E-state index is 0.674. The van der Waals surface area contributed by atoms with Crippen LogP contribution in [0, 0.1) is 5.92 Å². The lowest BCUT2D eigenvalue weighted by atomic mass is 9.99. The van der Waals surface area contributed by atoms with Crippen molar-refractivity contribution in [1.82, 2.24) is 5.32 Å². The maximum Gasteiger partial charge on any atom is 0.0208 e. The molecule has 0 radical (unpaired) electrons. The molecular formula is C14H21N. The van der Waals surface area contributed by atoms with Gasteiger partial charge in [-0.25, -0.2) is 0 Å². The number of nitrogens with one attached hydrogen (secondary N) is 1. The van der Waals surface area contributed by atoms with Crippen LogP contribution in [-0.2, 0) is 6.54 Å². The number of hydrogen-bond acceptors (Lipinski definition) is 1. The third-order valence-electron chi connectivity index (χ3n) is 3.58. The summed E-state index contributed by atoms with van der Waals surface area (Å²) in [5.74, 6) is 0.911. The van der Waals surface area contributed by atoms with E-state index in [1.165, 1.54) is 31.2 Å². The monoisotopic (exact) mass is 203 g/mol. The molecular weight excluding hydrogens is 182 g/mol. The van der Waals surface area contributed by atoms with Crippen molar-refractivity contribution in [3.05, 3.63) is 35.9 Å². The van der Waals surface area contributed by atoms with Gasteiger partial charge in [0.25, 0.3) is 0 Å². The smallest absolute Gasteiger partial charge is 0.0208 e. The molecule has 82 valence electrons. The van der Waals surface area contributed by atoms with Gasteiger partial charge in [0.1, 0.15) is 0 Å². The van der Waals surface area contributed by atoms with Crippen LogP contribution < -0.4 is 5.32 Å². The Labute approximate surface area is 92.9 Å². The van der Waals surface area contributed by atoms with Crippen molar-refractivity contribution in [3.63, 3.8) is 0 Å². The summed E-state index contributed by atoms with van der Waals surface area (Å²) < 4.78 is 0. The van der Waals surface area contributed by atoms with Crippen LogP contribution >= 0.6 is 0 Å². The van der Waals surface area contributed by atoms with E-state index in [0.29, 0.717) is 6.04 Å². The molecule has 1 aromatic rings. The molecule has 15 heavy (non-hydrogen) atoms. The van der Waals surface area contributed by atoms with Crippen LogP contribution in [0.4, 0.5) is 0 Å². The quantitative estimate of drug-likeness (QED) is 0.791. The Kier molecular flexibility index (Phi) is 3.79. The molecule has 1 saturated carbocycles. The van der Waals surface area contributed by atoms with Crippen LogP contribution in [0.2, 0.25) is 0 Å². The van der Waals surface area contributed by atoms with E-state index in [4.69, 9.17) is 0 Å². The Bertz CT molecular complexity index is 275. The molecule has 1 atom stereocenters. The van der Waals surface area contributed by atoms with Crippen molar-refractivity contribution in [1.29, 1.82) is 0 Å². The third-order valence-corrected chi connectivity index (χ3v) is 3.58. The molecule has 0 heterocycles. The predicted octanol–water partition coefficient (Wildman–Crippen LogP) is 3.35. The highest BCUT2D eigenvalue weighted by Crippen LogP contribution is 2.27. The van der Waals surface area contributed by atoms with Gasteiger partial charge in [-0.2, -0.15) is 0 Å². The van der Waals surface area contributed by atoms with Crippen molar-refractivity contribution in [3.8, 4) is 0 Å². The molecule has 1 aliphatic carbocycles. The first-order valence-electron chi connectivity index (χ1n) is 6.13. The highest BCUT2D eigenvalue weighted by molar-refractivity contribution is 5.14. The zero-order valence-electron chi connectivity index (χ0n) is 9.58. The van der Waals surface area contributed by atoms with E-state index in [-0.39, 0.29) is 0 Å². The summed E-state index contributed by atoms with van der Waals surface area (Å²) >= 11 is 0. The second kappa shape index (κ2) is 5.32. The first-order chi connectivity index (χ1) is 7.36. The lowest BCUT2D eigenvalue weighted by molar-refractivity contribution is 0.380. The van der Waals surface area contributed by atoms with Crippen molar-refractivity contribution >= 4 is 0 Å². The van der Waals surface area contributed by atoms with Crippen LogP contribution in [0.3, 0.4) is 0 Å². The Balaban J connectivity index is 1.77. The maximum atomic E-state index is 3.64. The van der Waals surface area contributed by atoms with Crippen molar-refractivity contribution in [2.45, 2.75) is 45.2 Å². The largest absolute Gasteiger partial charge is 0.310 e. The molecule has 0 amide bonds. The molecule has 0 aliphatic heterocycles. The Morgan fingerprint density at radius 3 is 2.53 bits per heavy atom. The van der Waals surface area contributed by atoms with Gasteiger partial charge in [-0.3, -0.25) is 0 Å². The topological polar surface area (TPSA) is 12.0 Å². The average molecular weight is 203 g/mol. The lowest BCUT2D eigenvalue weighted by Gasteiger charge is -2.20. The van der Waals surface area contributed by atoms with E-state index in [1.807, 2.05) is 0 Å². The molecule has 1 fully saturated rings. The van der Waals surface area contributed by atoms with Gasteiger partial charge in [0.05, 0.1) is 0 Å². The molecule has 0 bridgehead atoms. The van der Waals surface area contributed by atoms with Crippen LogP contribution in [-0.4, -0.2) is 6.04 Å². The highest BCUT2D eigenvalue weighted by atomic mass is 14.9. The zero-order chi connectivity index (χ0) is 10.5. The summed E-state index contributed by atoms with van der Waals surface area (Å²) in [6.07, 6.45) is 5.70. The third kappa shape index (κ3) is 3.07. The first-order valence-corrected chi connectivity index (χ1v) is 6.13. The maximum absolute atomic E-state index is 3.64. The molecule has 0 saturated heterocycles. The van der Waals surface area contributed by atoms with Crippen LogP contribution in [0.5, 0.6) is 0 Å². The van der Waals surface area contributed by atoms with Gasteiger partial charge in [-0.05, 0) is 31.2 Å². The van der Waals surface area contributed by atoms with E-state index < -0.39 is 0 Å². The predicted molar refractivity (Wildman–Crippen MR) is 64.7 cm³/mol. The lowest BCUT2D eigenvalue weighted by Crippen LogP contribution is -2.31. The van der Waals surface area contributed by atoms with Gasteiger partial charge in [-0.15, -0.1) is 0 Å². The van der Waals surface area contributed by atoms with Crippen molar-refractivity contribution in [2.24, 2.45) is 5.92 Å². The van der Waals surface area contributed by atoms with Crippen LogP contribution in [0.15, 0.2) is 30.3 Å². The number of rotatable bonds is 4. The summed E-state index contributed by atoms with van der Waals surface area (Å²) in [6, 6.07) is 11.3. The SMILES string of the molecule is C[C@H](NCc1ccccc1)C1CCCC1. The molecule has 1 N–H and O–H groups in total. The number of hydrogen-bond donors (Lipinski definition) is 1.